The highest BCUT2D eigenvalue weighted by atomic mass is 35.5. The SMILES string of the molecule is CC(O)c1c(F)ccc(F)c1Cl. The van der Waals surface area contributed by atoms with Crippen molar-refractivity contribution in [2.24, 2.45) is 0 Å². The third-order valence-electron chi connectivity index (χ3n) is 1.50. The number of aliphatic hydroxyl groups is 1. The monoisotopic (exact) mass is 192 g/mol. The molecule has 0 amide bonds. The molecule has 1 aromatic rings. The molecule has 0 aliphatic heterocycles. The Hall–Kier alpha value is -0.670. The highest BCUT2D eigenvalue weighted by Gasteiger charge is 2.15. The summed E-state index contributed by atoms with van der Waals surface area (Å²) in [6.45, 7) is 1.32. The third kappa shape index (κ3) is 1.57. The molecule has 0 aliphatic rings. The summed E-state index contributed by atoms with van der Waals surface area (Å²) in [7, 11) is 0. The van der Waals surface area contributed by atoms with E-state index < -0.39 is 17.7 Å². The van der Waals surface area contributed by atoms with Crippen molar-refractivity contribution >= 4 is 11.6 Å². The van der Waals surface area contributed by atoms with E-state index in [0.29, 0.717) is 0 Å². The lowest BCUT2D eigenvalue weighted by Gasteiger charge is -2.08. The number of aliphatic hydroxyl groups excluding tert-OH is 1. The Morgan fingerprint density at radius 2 is 1.83 bits per heavy atom. The van der Waals surface area contributed by atoms with Crippen LogP contribution < -0.4 is 0 Å². The van der Waals surface area contributed by atoms with Gasteiger partial charge < -0.3 is 5.11 Å². The van der Waals surface area contributed by atoms with E-state index in [-0.39, 0.29) is 10.6 Å². The highest BCUT2D eigenvalue weighted by Crippen LogP contribution is 2.27. The van der Waals surface area contributed by atoms with Gasteiger partial charge in [-0.3, -0.25) is 0 Å². The van der Waals surface area contributed by atoms with E-state index in [9.17, 15) is 8.78 Å². The summed E-state index contributed by atoms with van der Waals surface area (Å²) >= 11 is 5.42. The molecule has 4 heteroatoms. The maximum Gasteiger partial charge on any atom is 0.142 e. The number of hydrogen-bond acceptors (Lipinski definition) is 1. The minimum absolute atomic E-state index is 0.198. The van der Waals surface area contributed by atoms with Gasteiger partial charge in [0.15, 0.2) is 0 Å². The maximum atomic E-state index is 12.9. The second kappa shape index (κ2) is 3.37. The van der Waals surface area contributed by atoms with Crippen LogP contribution in [0.5, 0.6) is 0 Å². The van der Waals surface area contributed by atoms with Crippen molar-refractivity contribution in [2.45, 2.75) is 13.0 Å². The average Bonchev–Trinajstić information content (AvgIpc) is 1.97. The van der Waals surface area contributed by atoms with Gasteiger partial charge in [0.1, 0.15) is 11.6 Å². The van der Waals surface area contributed by atoms with E-state index in [2.05, 4.69) is 0 Å². The van der Waals surface area contributed by atoms with Crippen LogP contribution in [0.1, 0.15) is 18.6 Å². The van der Waals surface area contributed by atoms with Crippen LogP contribution in [-0.4, -0.2) is 5.11 Å². The van der Waals surface area contributed by atoms with Crippen molar-refractivity contribution in [3.8, 4) is 0 Å². The quantitative estimate of drug-likeness (QED) is 0.679. The maximum absolute atomic E-state index is 12.9. The first kappa shape index (κ1) is 9.42. The third-order valence-corrected chi connectivity index (χ3v) is 1.88. The molecule has 66 valence electrons. The molecule has 0 heterocycles. The van der Waals surface area contributed by atoms with E-state index in [1.807, 2.05) is 0 Å². The largest absolute Gasteiger partial charge is 0.389 e. The fourth-order valence-corrected chi connectivity index (χ4v) is 1.24. The van der Waals surface area contributed by atoms with Crippen LogP contribution in [0.4, 0.5) is 8.78 Å². The Labute approximate surface area is 73.6 Å². The molecule has 0 fully saturated rings. The molecule has 1 aromatic carbocycles. The van der Waals surface area contributed by atoms with E-state index in [1.54, 1.807) is 0 Å². The minimum atomic E-state index is -1.10. The molecule has 12 heavy (non-hydrogen) atoms. The summed E-state index contributed by atoms with van der Waals surface area (Å²) in [4.78, 5) is 0. The average molecular weight is 193 g/mol. The van der Waals surface area contributed by atoms with E-state index >= 15 is 0 Å². The van der Waals surface area contributed by atoms with Crippen LogP contribution in [0, 0.1) is 11.6 Å². The molecule has 0 aliphatic carbocycles. The number of hydrogen-bond donors (Lipinski definition) is 1. The fraction of sp³-hybridized carbons (Fsp3) is 0.250. The van der Waals surface area contributed by atoms with Crippen LogP contribution in [0.3, 0.4) is 0 Å². The van der Waals surface area contributed by atoms with Gasteiger partial charge in [0.2, 0.25) is 0 Å². The second-order valence-electron chi connectivity index (χ2n) is 2.43. The number of rotatable bonds is 1. The summed E-state index contributed by atoms with van der Waals surface area (Å²) < 4.78 is 25.6. The van der Waals surface area contributed by atoms with E-state index in [4.69, 9.17) is 16.7 Å². The molecule has 1 atom stereocenters. The fourth-order valence-electron chi connectivity index (χ4n) is 0.926. The lowest BCUT2D eigenvalue weighted by molar-refractivity contribution is 0.193. The predicted molar refractivity (Wildman–Crippen MR) is 42.0 cm³/mol. The molecule has 1 nitrogen and oxygen atoms in total. The van der Waals surface area contributed by atoms with Crippen LogP contribution in [0.25, 0.3) is 0 Å². The van der Waals surface area contributed by atoms with Crippen LogP contribution in [-0.2, 0) is 0 Å². The number of halogens is 3. The molecule has 1 N–H and O–H groups in total. The lowest BCUT2D eigenvalue weighted by atomic mass is 10.1. The van der Waals surface area contributed by atoms with Gasteiger partial charge in [0.25, 0.3) is 0 Å². The van der Waals surface area contributed by atoms with Crippen molar-refractivity contribution in [1.29, 1.82) is 0 Å². The molecule has 0 aromatic heterocycles. The Morgan fingerprint density at radius 3 is 2.25 bits per heavy atom. The predicted octanol–water partition coefficient (Wildman–Crippen LogP) is 2.67. The van der Waals surface area contributed by atoms with Gasteiger partial charge in [-0.15, -0.1) is 0 Å². The van der Waals surface area contributed by atoms with Gasteiger partial charge in [-0.1, -0.05) is 11.6 Å². The first-order valence-electron chi connectivity index (χ1n) is 3.35. The summed E-state index contributed by atoms with van der Waals surface area (Å²) in [5.41, 5.74) is -0.198. The van der Waals surface area contributed by atoms with Gasteiger partial charge in [-0.25, -0.2) is 8.78 Å². The summed E-state index contributed by atoms with van der Waals surface area (Å²) in [6, 6.07) is 1.85. The normalized spacial score (nSPS) is 13.1. The van der Waals surface area contributed by atoms with Crippen molar-refractivity contribution in [3.05, 3.63) is 34.4 Å². The van der Waals surface area contributed by atoms with E-state index in [1.165, 1.54) is 6.92 Å². The van der Waals surface area contributed by atoms with Gasteiger partial charge in [0.05, 0.1) is 11.1 Å². The minimum Gasteiger partial charge on any atom is -0.389 e. The van der Waals surface area contributed by atoms with Crippen LogP contribution in [0.2, 0.25) is 5.02 Å². The lowest BCUT2D eigenvalue weighted by Crippen LogP contribution is -1.98. The van der Waals surface area contributed by atoms with Crippen molar-refractivity contribution < 1.29 is 13.9 Å². The number of benzene rings is 1. The Balaban J connectivity index is 3.33. The molecule has 0 bridgehead atoms. The molecule has 0 spiro atoms. The second-order valence-corrected chi connectivity index (χ2v) is 2.81. The summed E-state index contributed by atoms with van der Waals surface area (Å²) in [5.74, 6) is -1.43. The molecule has 1 rings (SSSR count). The standard InChI is InChI=1S/C8H7ClF2O/c1-4(12)7-5(10)2-3-6(11)8(7)9/h2-4,12H,1H3. The molecule has 0 radical (unpaired) electrons. The van der Waals surface area contributed by atoms with Crippen LogP contribution in [0.15, 0.2) is 12.1 Å². The molecule has 1 unspecified atom stereocenters. The van der Waals surface area contributed by atoms with Gasteiger partial charge >= 0.3 is 0 Å². The van der Waals surface area contributed by atoms with Gasteiger partial charge in [-0.05, 0) is 19.1 Å². The zero-order valence-electron chi connectivity index (χ0n) is 6.31. The van der Waals surface area contributed by atoms with Gasteiger partial charge in [0, 0.05) is 5.56 Å². The zero-order valence-corrected chi connectivity index (χ0v) is 7.07. The summed E-state index contributed by atoms with van der Waals surface area (Å²) in [5, 5.41) is 8.66. The van der Waals surface area contributed by atoms with Crippen LogP contribution >= 0.6 is 11.6 Å². The van der Waals surface area contributed by atoms with Crippen molar-refractivity contribution in [2.75, 3.05) is 0 Å². The molecular formula is C8H7ClF2O. The summed E-state index contributed by atoms with van der Waals surface area (Å²) in [6.07, 6.45) is -1.10. The Morgan fingerprint density at radius 1 is 1.33 bits per heavy atom. The van der Waals surface area contributed by atoms with Gasteiger partial charge in [-0.2, -0.15) is 0 Å². The molecular weight excluding hydrogens is 186 g/mol. The Kier molecular flexibility index (Phi) is 2.65. The first-order chi connectivity index (χ1) is 5.54. The van der Waals surface area contributed by atoms with E-state index in [0.717, 1.165) is 12.1 Å². The van der Waals surface area contributed by atoms with Crippen molar-refractivity contribution in [1.82, 2.24) is 0 Å². The Bertz CT molecular complexity index is 299. The topological polar surface area (TPSA) is 20.2 Å². The first-order valence-corrected chi connectivity index (χ1v) is 3.73. The van der Waals surface area contributed by atoms with Crippen molar-refractivity contribution in [3.63, 3.8) is 0 Å². The molecule has 0 saturated carbocycles. The highest BCUT2D eigenvalue weighted by molar-refractivity contribution is 6.31. The molecule has 0 saturated heterocycles. The zero-order chi connectivity index (χ0) is 9.30. The smallest absolute Gasteiger partial charge is 0.142 e.